The predicted molar refractivity (Wildman–Crippen MR) is 95.5 cm³/mol. The summed E-state index contributed by atoms with van der Waals surface area (Å²) >= 11 is 0. The van der Waals surface area contributed by atoms with E-state index >= 15 is 0 Å². The maximum Gasteiger partial charge on any atom is 0.147 e. The second-order valence-corrected chi connectivity index (χ2v) is 6.12. The van der Waals surface area contributed by atoms with E-state index in [1.54, 1.807) is 6.07 Å². The molecular weight excluding hydrogens is 285 g/mol. The highest BCUT2D eigenvalue weighted by Gasteiger charge is 2.16. The third-order valence-corrected chi connectivity index (χ3v) is 4.75. The molecule has 0 unspecified atom stereocenters. The van der Waals surface area contributed by atoms with Gasteiger partial charge in [0.15, 0.2) is 0 Å². The van der Waals surface area contributed by atoms with Crippen molar-refractivity contribution in [2.75, 3.05) is 0 Å². The Labute approximate surface area is 132 Å². The Morgan fingerprint density at radius 1 is 0.739 bits per heavy atom. The number of aromatic amines is 1. The van der Waals surface area contributed by atoms with Gasteiger partial charge in [0, 0.05) is 10.8 Å². The van der Waals surface area contributed by atoms with Crippen LogP contribution in [0.5, 0.6) is 0 Å². The quantitative estimate of drug-likeness (QED) is 0.357. The van der Waals surface area contributed by atoms with Crippen LogP contribution in [0.1, 0.15) is 5.56 Å². The van der Waals surface area contributed by atoms with Gasteiger partial charge in [-0.05, 0) is 46.2 Å². The van der Waals surface area contributed by atoms with Gasteiger partial charge in [0.05, 0.1) is 11.0 Å². The fourth-order valence-electron chi connectivity index (χ4n) is 3.73. The van der Waals surface area contributed by atoms with E-state index in [0.717, 1.165) is 38.0 Å². The van der Waals surface area contributed by atoms with Crippen molar-refractivity contribution in [3.05, 3.63) is 72.0 Å². The molecule has 1 heterocycles. The highest BCUT2D eigenvalue weighted by Crippen LogP contribution is 2.39. The summed E-state index contributed by atoms with van der Waals surface area (Å²) in [5.41, 5.74) is 2.76. The summed E-state index contributed by atoms with van der Waals surface area (Å²) in [6.45, 7) is 2.07. The van der Waals surface area contributed by atoms with Crippen molar-refractivity contribution in [2.24, 2.45) is 0 Å². The van der Waals surface area contributed by atoms with Crippen LogP contribution in [0, 0.1) is 12.7 Å². The SMILES string of the molecule is Cc1cc2ccccc2c2c1[nH]c1c(F)cc3ccccc3c12. The molecule has 5 aromatic rings. The Morgan fingerprint density at radius 3 is 2.00 bits per heavy atom. The molecule has 23 heavy (non-hydrogen) atoms. The second kappa shape index (κ2) is 4.32. The van der Waals surface area contributed by atoms with Gasteiger partial charge in [0.1, 0.15) is 5.82 Å². The number of hydrogen-bond acceptors (Lipinski definition) is 0. The van der Waals surface area contributed by atoms with Gasteiger partial charge in [-0.3, -0.25) is 0 Å². The lowest BCUT2D eigenvalue weighted by atomic mass is 9.98. The molecule has 0 aliphatic heterocycles. The number of benzene rings is 4. The molecule has 0 spiro atoms. The first-order valence-electron chi connectivity index (χ1n) is 7.75. The maximum atomic E-state index is 14.7. The van der Waals surface area contributed by atoms with Crippen LogP contribution in [0.25, 0.3) is 43.4 Å². The predicted octanol–water partition coefficient (Wildman–Crippen LogP) is 6.08. The minimum absolute atomic E-state index is 0.196. The first kappa shape index (κ1) is 12.7. The van der Waals surface area contributed by atoms with Crippen LogP contribution in [-0.2, 0) is 0 Å². The molecule has 1 aromatic heterocycles. The number of aryl methyl sites for hydroxylation is 1. The Hall–Kier alpha value is -2.87. The summed E-state index contributed by atoms with van der Waals surface area (Å²) in [4.78, 5) is 3.32. The number of fused-ring (bicyclic) bond motifs is 7. The average Bonchev–Trinajstić information content (AvgIpc) is 2.98. The molecule has 2 heteroatoms. The van der Waals surface area contributed by atoms with Crippen molar-refractivity contribution in [3.8, 4) is 0 Å². The van der Waals surface area contributed by atoms with Crippen molar-refractivity contribution in [1.29, 1.82) is 0 Å². The van der Waals surface area contributed by atoms with E-state index in [2.05, 4.69) is 36.2 Å². The van der Waals surface area contributed by atoms with Crippen molar-refractivity contribution in [2.45, 2.75) is 6.92 Å². The fourth-order valence-corrected chi connectivity index (χ4v) is 3.73. The summed E-state index contributed by atoms with van der Waals surface area (Å²) < 4.78 is 14.7. The normalized spacial score (nSPS) is 11.9. The van der Waals surface area contributed by atoms with Crippen LogP contribution in [-0.4, -0.2) is 4.98 Å². The third-order valence-electron chi connectivity index (χ3n) is 4.75. The Bertz CT molecular complexity index is 1130. The lowest BCUT2D eigenvalue weighted by Gasteiger charge is -2.05. The van der Waals surface area contributed by atoms with E-state index in [-0.39, 0.29) is 5.82 Å². The van der Waals surface area contributed by atoms with Gasteiger partial charge in [-0.2, -0.15) is 0 Å². The van der Waals surface area contributed by atoms with Crippen molar-refractivity contribution in [1.82, 2.24) is 4.98 Å². The molecule has 0 aliphatic rings. The van der Waals surface area contributed by atoms with E-state index in [1.807, 2.05) is 30.3 Å². The third kappa shape index (κ3) is 1.61. The van der Waals surface area contributed by atoms with E-state index in [0.29, 0.717) is 5.52 Å². The van der Waals surface area contributed by atoms with Gasteiger partial charge >= 0.3 is 0 Å². The van der Waals surface area contributed by atoms with Gasteiger partial charge in [-0.25, -0.2) is 4.39 Å². The van der Waals surface area contributed by atoms with E-state index < -0.39 is 0 Å². The highest BCUT2D eigenvalue weighted by molar-refractivity contribution is 6.28. The van der Waals surface area contributed by atoms with Gasteiger partial charge in [0.2, 0.25) is 0 Å². The summed E-state index contributed by atoms with van der Waals surface area (Å²) in [6.07, 6.45) is 0. The highest BCUT2D eigenvalue weighted by atomic mass is 19.1. The number of halogens is 1. The van der Waals surface area contributed by atoms with Crippen molar-refractivity contribution in [3.63, 3.8) is 0 Å². The van der Waals surface area contributed by atoms with Gasteiger partial charge < -0.3 is 4.98 Å². The van der Waals surface area contributed by atoms with Gasteiger partial charge in [-0.15, -0.1) is 0 Å². The van der Waals surface area contributed by atoms with Crippen LogP contribution in [0.3, 0.4) is 0 Å². The Balaban J connectivity index is 2.21. The average molecular weight is 299 g/mol. The molecular formula is C21H14FN. The van der Waals surface area contributed by atoms with E-state index in [1.165, 1.54) is 5.39 Å². The van der Waals surface area contributed by atoms with Gasteiger partial charge in [0.25, 0.3) is 0 Å². The molecule has 0 fully saturated rings. The molecule has 1 nitrogen and oxygen atoms in total. The number of hydrogen-bond donors (Lipinski definition) is 1. The fraction of sp³-hybridized carbons (Fsp3) is 0.0476. The molecule has 0 saturated carbocycles. The topological polar surface area (TPSA) is 15.8 Å². The monoisotopic (exact) mass is 299 g/mol. The zero-order valence-electron chi connectivity index (χ0n) is 12.7. The maximum absolute atomic E-state index is 14.7. The van der Waals surface area contributed by atoms with Crippen LogP contribution in [0.15, 0.2) is 60.7 Å². The molecule has 110 valence electrons. The first-order valence-corrected chi connectivity index (χ1v) is 7.75. The van der Waals surface area contributed by atoms with E-state index in [9.17, 15) is 4.39 Å². The lowest BCUT2D eigenvalue weighted by molar-refractivity contribution is 0.639. The van der Waals surface area contributed by atoms with Crippen molar-refractivity contribution < 1.29 is 4.39 Å². The number of nitrogens with one attached hydrogen (secondary N) is 1. The summed E-state index contributed by atoms with van der Waals surface area (Å²) in [5.74, 6) is -0.196. The number of rotatable bonds is 0. The molecule has 4 aromatic carbocycles. The zero-order chi connectivity index (χ0) is 15.6. The van der Waals surface area contributed by atoms with Crippen molar-refractivity contribution >= 4 is 43.4 Å². The number of aromatic nitrogens is 1. The molecule has 0 aliphatic carbocycles. The summed E-state index contributed by atoms with van der Waals surface area (Å²) in [5, 5.41) is 6.47. The summed E-state index contributed by atoms with van der Waals surface area (Å²) in [7, 11) is 0. The molecule has 0 amide bonds. The van der Waals surface area contributed by atoms with Crippen LogP contribution in [0.2, 0.25) is 0 Å². The molecule has 5 rings (SSSR count). The Morgan fingerprint density at radius 2 is 1.30 bits per heavy atom. The second-order valence-electron chi connectivity index (χ2n) is 6.12. The molecule has 0 saturated heterocycles. The zero-order valence-corrected chi connectivity index (χ0v) is 12.7. The summed E-state index contributed by atoms with van der Waals surface area (Å²) in [6, 6.07) is 20.1. The molecule has 0 bridgehead atoms. The van der Waals surface area contributed by atoms with E-state index in [4.69, 9.17) is 0 Å². The van der Waals surface area contributed by atoms with Crippen LogP contribution < -0.4 is 0 Å². The minimum Gasteiger partial charge on any atom is -0.352 e. The largest absolute Gasteiger partial charge is 0.352 e. The lowest BCUT2D eigenvalue weighted by Crippen LogP contribution is -1.81. The minimum atomic E-state index is -0.196. The molecule has 0 radical (unpaired) electrons. The molecule has 0 atom stereocenters. The smallest absolute Gasteiger partial charge is 0.147 e. The first-order chi connectivity index (χ1) is 11.2. The number of H-pyrrole nitrogens is 1. The van der Waals surface area contributed by atoms with Gasteiger partial charge in [-0.1, -0.05) is 48.5 Å². The Kier molecular flexibility index (Phi) is 2.38. The van der Waals surface area contributed by atoms with Crippen LogP contribution in [0.4, 0.5) is 4.39 Å². The van der Waals surface area contributed by atoms with Crippen LogP contribution >= 0.6 is 0 Å². The standard InChI is InChI=1S/C21H14FN/c1-12-10-13-6-2-4-8-15(13)18-19-16-9-5-3-7-14(16)11-17(22)21(19)23-20(12)18/h2-11,23H,1H3. The molecule has 1 N–H and O–H groups in total.